The Bertz CT molecular complexity index is 1650. The van der Waals surface area contributed by atoms with E-state index in [1.807, 2.05) is 0 Å². The van der Waals surface area contributed by atoms with Gasteiger partial charge in [0.05, 0.1) is 47.7 Å². The molecule has 4 rings (SSSR count). The Morgan fingerprint density at radius 1 is 1.00 bits per heavy atom. The molecule has 0 bridgehead atoms. The number of anilines is 2. The third-order valence-electron chi connectivity index (χ3n) is 6.05. The zero-order chi connectivity index (χ0) is 28.1. The van der Waals surface area contributed by atoms with E-state index in [0.717, 1.165) is 9.13 Å². The number of benzene rings is 2. The van der Waals surface area contributed by atoms with Crippen LogP contribution in [0.2, 0.25) is 5.02 Å². The van der Waals surface area contributed by atoms with E-state index in [-0.39, 0.29) is 21.6 Å². The van der Waals surface area contributed by atoms with E-state index in [1.165, 1.54) is 43.5 Å². The Morgan fingerprint density at radius 3 is 2.41 bits per heavy atom. The largest absolute Gasteiger partial charge is 0.495 e. The summed E-state index contributed by atoms with van der Waals surface area (Å²) < 4.78 is 12.5. The minimum Gasteiger partial charge on any atom is -0.495 e. The van der Waals surface area contributed by atoms with Crippen LogP contribution >= 0.6 is 11.6 Å². The first-order valence-corrected chi connectivity index (χ1v) is 12.3. The molecule has 0 aliphatic carbocycles. The van der Waals surface area contributed by atoms with Gasteiger partial charge in [0.2, 0.25) is 11.8 Å². The summed E-state index contributed by atoms with van der Waals surface area (Å²) in [6.07, 6.45) is 3.10. The van der Waals surface area contributed by atoms with Gasteiger partial charge in [-0.15, -0.1) is 0 Å². The molecule has 0 radical (unpaired) electrons. The van der Waals surface area contributed by atoms with Gasteiger partial charge in [-0.1, -0.05) is 23.7 Å². The number of ether oxygens (including phenoxy) is 2. The van der Waals surface area contributed by atoms with Crippen molar-refractivity contribution in [1.29, 1.82) is 0 Å². The first kappa shape index (κ1) is 27.4. The number of para-hydroxylation sites is 1. The molecule has 2 aromatic carbocycles. The van der Waals surface area contributed by atoms with Crippen LogP contribution in [0.3, 0.4) is 0 Å². The second-order valence-corrected chi connectivity index (χ2v) is 8.77. The van der Waals surface area contributed by atoms with E-state index in [0.29, 0.717) is 23.7 Å². The summed E-state index contributed by atoms with van der Waals surface area (Å²) >= 11 is 6.21. The molecule has 2 aromatic heterocycles. The van der Waals surface area contributed by atoms with Crippen molar-refractivity contribution < 1.29 is 19.1 Å². The molecule has 0 atom stereocenters. The monoisotopic (exact) mass is 551 g/mol. The van der Waals surface area contributed by atoms with Crippen molar-refractivity contribution in [2.24, 2.45) is 0 Å². The van der Waals surface area contributed by atoms with Crippen molar-refractivity contribution in [3.63, 3.8) is 0 Å². The number of nitrogens with zero attached hydrogens (tertiary/aromatic N) is 4. The summed E-state index contributed by atoms with van der Waals surface area (Å²) in [4.78, 5) is 58.5. The number of pyridine rings is 1. The summed E-state index contributed by atoms with van der Waals surface area (Å²) in [7, 11) is 2.88. The molecule has 0 aliphatic heterocycles. The predicted molar refractivity (Wildman–Crippen MR) is 148 cm³/mol. The van der Waals surface area contributed by atoms with Gasteiger partial charge in [-0.25, -0.2) is 4.79 Å². The van der Waals surface area contributed by atoms with E-state index in [4.69, 9.17) is 21.1 Å². The minimum absolute atomic E-state index is 0.187. The molecule has 1 N–H and O–H groups in total. The van der Waals surface area contributed by atoms with Crippen molar-refractivity contribution >= 4 is 45.7 Å². The van der Waals surface area contributed by atoms with Crippen molar-refractivity contribution in [1.82, 2.24) is 14.1 Å². The first-order valence-electron chi connectivity index (χ1n) is 11.9. The second kappa shape index (κ2) is 11.8. The molecule has 2 heterocycles. The van der Waals surface area contributed by atoms with E-state index < -0.39 is 36.2 Å². The van der Waals surface area contributed by atoms with Crippen molar-refractivity contribution in [2.75, 3.05) is 31.0 Å². The van der Waals surface area contributed by atoms with Gasteiger partial charge in [0.1, 0.15) is 24.6 Å². The first-order chi connectivity index (χ1) is 18.8. The van der Waals surface area contributed by atoms with Gasteiger partial charge >= 0.3 is 5.69 Å². The van der Waals surface area contributed by atoms with Gasteiger partial charge in [-0.05, 0) is 37.3 Å². The molecule has 11 nitrogen and oxygen atoms in total. The molecule has 0 spiro atoms. The molecule has 2 amide bonds. The molecule has 202 valence electrons. The Balaban J connectivity index is 1.71. The number of likely N-dealkylation sites (N-methyl/N-ethyl adjacent to an activating group) is 1. The molecule has 0 aliphatic rings. The fourth-order valence-electron chi connectivity index (χ4n) is 4.19. The summed E-state index contributed by atoms with van der Waals surface area (Å²) in [6.45, 7) is 1.11. The lowest BCUT2D eigenvalue weighted by Gasteiger charge is -2.21. The summed E-state index contributed by atoms with van der Waals surface area (Å²) in [5.41, 5.74) is -0.379. The maximum atomic E-state index is 13.5. The fraction of sp³-hybridized carbons (Fsp3) is 0.222. The lowest BCUT2D eigenvalue weighted by Crippen LogP contribution is -2.46. The van der Waals surface area contributed by atoms with Crippen LogP contribution in [-0.4, -0.2) is 46.7 Å². The summed E-state index contributed by atoms with van der Waals surface area (Å²) in [6, 6.07) is 12.8. The standard InChI is InChI=1S/C27H26ClN5O6/c1-4-31(17-8-7-11-29-14-17)25(35)16-33-26(36)18-9-5-6-10-21(18)32(27(33)37)15-24(34)30-20-12-19(28)22(38-2)13-23(20)39-3/h5-14H,4,15-16H2,1-3H3,(H,30,34). The Morgan fingerprint density at radius 2 is 1.74 bits per heavy atom. The highest BCUT2D eigenvalue weighted by molar-refractivity contribution is 6.32. The van der Waals surface area contributed by atoms with Crippen LogP contribution in [0.15, 0.2) is 70.5 Å². The van der Waals surface area contributed by atoms with Crippen molar-refractivity contribution in [3.05, 3.63) is 86.8 Å². The highest BCUT2D eigenvalue weighted by atomic mass is 35.5. The molecular formula is C27H26ClN5O6. The van der Waals surface area contributed by atoms with E-state index in [1.54, 1.807) is 43.5 Å². The van der Waals surface area contributed by atoms with Gasteiger partial charge < -0.3 is 19.7 Å². The number of nitrogens with one attached hydrogen (secondary N) is 1. The van der Waals surface area contributed by atoms with E-state index in [2.05, 4.69) is 10.3 Å². The summed E-state index contributed by atoms with van der Waals surface area (Å²) in [5.74, 6) is -0.400. The predicted octanol–water partition coefficient (Wildman–Crippen LogP) is 2.92. The second-order valence-electron chi connectivity index (χ2n) is 8.36. The average Bonchev–Trinajstić information content (AvgIpc) is 2.94. The Hall–Kier alpha value is -4.64. The lowest BCUT2D eigenvalue weighted by molar-refractivity contribution is -0.119. The Labute approximate surface area is 228 Å². The number of methoxy groups -OCH3 is 2. The molecule has 0 fully saturated rings. The van der Waals surface area contributed by atoms with Gasteiger partial charge in [0, 0.05) is 18.8 Å². The van der Waals surface area contributed by atoms with Crippen LogP contribution in [0.1, 0.15) is 6.92 Å². The maximum Gasteiger partial charge on any atom is 0.332 e. The fourth-order valence-corrected chi connectivity index (χ4v) is 4.43. The zero-order valence-corrected chi connectivity index (χ0v) is 22.3. The molecular weight excluding hydrogens is 526 g/mol. The minimum atomic E-state index is -0.802. The van der Waals surface area contributed by atoms with E-state index >= 15 is 0 Å². The van der Waals surface area contributed by atoms with Crippen LogP contribution in [0.4, 0.5) is 11.4 Å². The number of fused-ring (bicyclic) bond motifs is 1. The molecule has 0 unspecified atom stereocenters. The Kier molecular flexibility index (Phi) is 8.30. The maximum absolute atomic E-state index is 13.5. The number of hydrogen-bond donors (Lipinski definition) is 1. The smallest absolute Gasteiger partial charge is 0.332 e. The normalized spacial score (nSPS) is 10.8. The molecule has 4 aromatic rings. The van der Waals surface area contributed by atoms with Gasteiger partial charge in [-0.2, -0.15) is 0 Å². The number of halogens is 1. The molecule has 0 saturated carbocycles. The number of amides is 2. The molecule has 0 saturated heterocycles. The van der Waals surface area contributed by atoms with Gasteiger partial charge in [-0.3, -0.25) is 28.5 Å². The van der Waals surface area contributed by atoms with Crippen LogP contribution in [-0.2, 0) is 22.7 Å². The quantitative estimate of drug-likeness (QED) is 0.339. The van der Waals surface area contributed by atoms with Crippen LogP contribution in [0.25, 0.3) is 10.9 Å². The number of hydrogen-bond acceptors (Lipinski definition) is 7. The van der Waals surface area contributed by atoms with Gasteiger partial charge in [0.25, 0.3) is 5.56 Å². The van der Waals surface area contributed by atoms with Crippen molar-refractivity contribution in [3.8, 4) is 11.5 Å². The molecule has 12 heteroatoms. The third-order valence-corrected chi connectivity index (χ3v) is 6.35. The lowest BCUT2D eigenvalue weighted by atomic mass is 10.2. The highest BCUT2D eigenvalue weighted by Crippen LogP contribution is 2.35. The SMILES string of the molecule is CCN(C(=O)Cn1c(=O)c2ccccc2n(CC(=O)Nc2cc(Cl)c(OC)cc2OC)c1=O)c1cccnc1. The average molecular weight is 552 g/mol. The number of rotatable bonds is 9. The van der Waals surface area contributed by atoms with Crippen LogP contribution in [0, 0.1) is 0 Å². The zero-order valence-electron chi connectivity index (χ0n) is 21.5. The number of carbonyl (C=O) groups is 2. The van der Waals surface area contributed by atoms with Crippen molar-refractivity contribution in [2.45, 2.75) is 20.0 Å². The highest BCUT2D eigenvalue weighted by Gasteiger charge is 2.21. The van der Waals surface area contributed by atoms with Crippen LogP contribution < -0.4 is 30.9 Å². The van der Waals surface area contributed by atoms with Crippen LogP contribution in [0.5, 0.6) is 11.5 Å². The number of carbonyl (C=O) groups excluding carboxylic acids is 2. The molecule has 39 heavy (non-hydrogen) atoms. The third kappa shape index (κ3) is 5.63. The number of aromatic nitrogens is 3. The summed E-state index contributed by atoms with van der Waals surface area (Å²) in [5, 5.41) is 3.12. The topological polar surface area (TPSA) is 125 Å². The van der Waals surface area contributed by atoms with Gasteiger partial charge in [0.15, 0.2) is 0 Å². The van der Waals surface area contributed by atoms with E-state index in [9.17, 15) is 19.2 Å².